The number of carbonyl (C=O) groups excluding carboxylic acids is 2. The number of rotatable bonds is 7. The van der Waals surface area contributed by atoms with E-state index in [2.05, 4.69) is 5.32 Å². The van der Waals surface area contributed by atoms with Crippen LogP contribution in [0.1, 0.15) is 0 Å². The van der Waals surface area contributed by atoms with Crippen LogP contribution in [0.2, 0.25) is 5.02 Å². The summed E-state index contributed by atoms with van der Waals surface area (Å²) in [5.41, 5.74) is 0.625. The Labute approximate surface area is 174 Å². The number of hydrogen-bond donors (Lipinski definition) is 1. The molecule has 0 atom stereocenters. The van der Waals surface area contributed by atoms with E-state index in [1.54, 1.807) is 50.6 Å². The number of nitrogens with one attached hydrogen (secondary N) is 1. The second-order valence-corrected chi connectivity index (χ2v) is 6.81. The molecule has 0 bridgehead atoms. The molecule has 3 aromatic rings. The number of likely N-dealkylation sites (N-methyl/N-ethyl adjacent to an activating group) is 1. The van der Waals surface area contributed by atoms with Crippen molar-refractivity contribution in [2.24, 2.45) is 0 Å². The van der Waals surface area contributed by atoms with Gasteiger partial charge in [-0.25, -0.2) is 0 Å². The zero-order valence-corrected chi connectivity index (χ0v) is 16.9. The van der Waals surface area contributed by atoms with E-state index < -0.39 is 0 Å². The van der Waals surface area contributed by atoms with Gasteiger partial charge in [0.15, 0.2) is 6.61 Å². The number of anilines is 1. The summed E-state index contributed by atoms with van der Waals surface area (Å²) >= 11 is 6.20. The highest BCUT2D eigenvalue weighted by Gasteiger charge is 2.15. The number of halogens is 1. The fraction of sp³-hybridized carbons (Fsp3) is 0.182. The maximum absolute atomic E-state index is 12.4. The Bertz CT molecular complexity index is 1020. The van der Waals surface area contributed by atoms with E-state index in [-0.39, 0.29) is 25.0 Å². The minimum atomic E-state index is -0.311. The van der Waals surface area contributed by atoms with Crippen molar-refractivity contribution in [2.45, 2.75) is 0 Å². The summed E-state index contributed by atoms with van der Waals surface area (Å²) < 4.78 is 10.8. The Morgan fingerprint density at radius 1 is 1.00 bits per heavy atom. The molecule has 0 spiro atoms. The molecule has 0 aromatic heterocycles. The highest BCUT2D eigenvalue weighted by atomic mass is 35.5. The van der Waals surface area contributed by atoms with E-state index in [0.29, 0.717) is 22.2 Å². The van der Waals surface area contributed by atoms with Gasteiger partial charge in [0.2, 0.25) is 5.91 Å². The minimum Gasteiger partial charge on any atom is -0.497 e. The molecule has 0 saturated heterocycles. The van der Waals surface area contributed by atoms with Crippen LogP contribution in [0.3, 0.4) is 0 Å². The highest BCUT2D eigenvalue weighted by molar-refractivity contribution is 6.35. The van der Waals surface area contributed by atoms with E-state index in [0.717, 1.165) is 10.8 Å². The lowest BCUT2D eigenvalue weighted by Crippen LogP contribution is -2.37. The monoisotopic (exact) mass is 412 g/mol. The molecule has 150 valence electrons. The van der Waals surface area contributed by atoms with Gasteiger partial charge in [0.25, 0.3) is 5.91 Å². The molecule has 0 aliphatic carbocycles. The van der Waals surface area contributed by atoms with Gasteiger partial charge in [0.05, 0.1) is 13.7 Å². The largest absolute Gasteiger partial charge is 0.497 e. The van der Waals surface area contributed by atoms with E-state index in [9.17, 15) is 9.59 Å². The van der Waals surface area contributed by atoms with Crippen molar-refractivity contribution in [1.29, 1.82) is 0 Å². The van der Waals surface area contributed by atoms with Crippen molar-refractivity contribution in [2.75, 3.05) is 32.6 Å². The first kappa shape index (κ1) is 20.5. The maximum Gasteiger partial charge on any atom is 0.260 e. The number of fused-ring (bicyclic) bond motifs is 1. The van der Waals surface area contributed by atoms with Crippen LogP contribution in [0.5, 0.6) is 11.5 Å². The first-order valence-electron chi connectivity index (χ1n) is 8.96. The third-order valence-electron chi connectivity index (χ3n) is 4.36. The van der Waals surface area contributed by atoms with Gasteiger partial charge in [-0.05, 0) is 36.4 Å². The summed E-state index contributed by atoms with van der Waals surface area (Å²) in [5, 5.41) is 5.04. The van der Waals surface area contributed by atoms with Gasteiger partial charge in [-0.2, -0.15) is 0 Å². The first-order valence-corrected chi connectivity index (χ1v) is 9.33. The Hall–Kier alpha value is -3.25. The van der Waals surface area contributed by atoms with Gasteiger partial charge < -0.3 is 19.7 Å². The van der Waals surface area contributed by atoms with Crippen LogP contribution in [0.25, 0.3) is 10.8 Å². The van der Waals surface area contributed by atoms with Crippen molar-refractivity contribution in [3.05, 3.63) is 65.7 Å². The van der Waals surface area contributed by atoms with Crippen molar-refractivity contribution >= 4 is 39.9 Å². The molecular formula is C22H21ClN2O4. The number of hydrogen-bond acceptors (Lipinski definition) is 4. The standard InChI is InChI=1S/C22H21ClN2O4/c1-25(13-21(26)24-15-7-9-16(28-2)10-8-15)22(27)14-29-20-12-11-19(23)17-5-3-4-6-18(17)20/h3-12H,13-14H2,1-2H3,(H,24,26). The van der Waals surface area contributed by atoms with Crippen molar-refractivity contribution in [3.63, 3.8) is 0 Å². The van der Waals surface area contributed by atoms with E-state index in [1.807, 2.05) is 24.3 Å². The topological polar surface area (TPSA) is 67.9 Å². The molecule has 0 radical (unpaired) electrons. The number of methoxy groups -OCH3 is 1. The number of ether oxygens (including phenoxy) is 2. The summed E-state index contributed by atoms with van der Waals surface area (Å²) in [6.45, 7) is -0.270. The van der Waals surface area contributed by atoms with Crippen LogP contribution in [0.4, 0.5) is 5.69 Å². The van der Waals surface area contributed by atoms with Gasteiger partial charge in [-0.1, -0.05) is 35.9 Å². The molecular weight excluding hydrogens is 392 g/mol. The third kappa shape index (κ3) is 5.18. The lowest BCUT2D eigenvalue weighted by atomic mass is 10.1. The van der Waals surface area contributed by atoms with E-state index in [4.69, 9.17) is 21.1 Å². The van der Waals surface area contributed by atoms with Crippen LogP contribution in [-0.2, 0) is 9.59 Å². The highest BCUT2D eigenvalue weighted by Crippen LogP contribution is 2.31. The number of amides is 2. The molecule has 7 heteroatoms. The molecule has 0 aliphatic heterocycles. The molecule has 3 rings (SSSR count). The van der Waals surface area contributed by atoms with Crippen LogP contribution in [0.15, 0.2) is 60.7 Å². The molecule has 0 aliphatic rings. The number of carbonyl (C=O) groups is 2. The lowest BCUT2D eigenvalue weighted by Gasteiger charge is -2.18. The quantitative estimate of drug-likeness (QED) is 0.637. The molecule has 2 amide bonds. The van der Waals surface area contributed by atoms with Crippen LogP contribution < -0.4 is 14.8 Å². The molecule has 0 saturated carbocycles. The fourth-order valence-electron chi connectivity index (χ4n) is 2.79. The average molecular weight is 413 g/mol. The smallest absolute Gasteiger partial charge is 0.260 e. The molecule has 1 N–H and O–H groups in total. The summed E-state index contributed by atoms with van der Waals surface area (Å²) in [5.74, 6) is 0.647. The van der Waals surface area contributed by atoms with Gasteiger partial charge >= 0.3 is 0 Å². The second kappa shape index (κ2) is 9.30. The third-order valence-corrected chi connectivity index (χ3v) is 4.69. The number of benzene rings is 3. The minimum absolute atomic E-state index is 0.0877. The van der Waals surface area contributed by atoms with Crippen LogP contribution in [0, 0.1) is 0 Å². The average Bonchev–Trinajstić information content (AvgIpc) is 2.73. The van der Waals surface area contributed by atoms with Gasteiger partial charge in [-0.3, -0.25) is 9.59 Å². The van der Waals surface area contributed by atoms with Crippen molar-refractivity contribution < 1.29 is 19.1 Å². The zero-order valence-electron chi connectivity index (χ0n) is 16.1. The van der Waals surface area contributed by atoms with Crippen LogP contribution >= 0.6 is 11.6 Å². The summed E-state index contributed by atoms with van der Waals surface area (Å²) in [6.07, 6.45) is 0. The fourth-order valence-corrected chi connectivity index (χ4v) is 3.02. The zero-order chi connectivity index (χ0) is 20.8. The number of nitrogens with zero attached hydrogens (tertiary/aromatic N) is 1. The first-order chi connectivity index (χ1) is 14.0. The molecule has 0 fully saturated rings. The second-order valence-electron chi connectivity index (χ2n) is 6.41. The SMILES string of the molecule is COc1ccc(NC(=O)CN(C)C(=O)COc2ccc(Cl)c3ccccc23)cc1. The van der Waals surface area contributed by atoms with Gasteiger partial charge in [0.1, 0.15) is 11.5 Å². The Morgan fingerprint density at radius 2 is 1.69 bits per heavy atom. The van der Waals surface area contributed by atoms with Crippen molar-refractivity contribution in [1.82, 2.24) is 4.90 Å². The molecule has 29 heavy (non-hydrogen) atoms. The summed E-state index contributed by atoms with van der Waals surface area (Å²) in [6, 6.07) is 17.9. The van der Waals surface area contributed by atoms with E-state index >= 15 is 0 Å². The molecule has 6 nitrogen and oxygen atoms in total. The van der Waals surface area contributed by atoms with Crippen LogP contribution in [-0.4, -0.2) is 44.0 Å². The predicted molar refractivity (Wildman–Crippen MR) is 114 cm³/mol. The summed E-state index contributed by atoms with van der Waals surface area (Å²) in [4.78, 5) is 25.9. The van der Waals surface area contributed by atoms with E-state index in [1.165, 1.54) is 4.90 Å². The summed E-state index contributed by atoms with van der Waals surface area (Å²) in [7, 11) is 3.13. The normalized spacial score (nSPS) is 10.4. The Balaban J connectivity index is 1.55. The maximum atomic E-state index is 12.4. The Morgan fingerprint density at radius 3 is 2.38 bits per heavy atom. The Kier molecular flexibility index (Phi) is 6.57. The van der Waals surface area contributed by atoms with Gasteiger partial charge in [-0.15, -0.1) is 0 Å². The molecule has 0 unspecified atom stereocenters. The van der Waals surface area contributed by atoms with Crippen molar-refractivity contribution in [3.8, 4) is 11.5 Å². The molecule has 3 aromatic carbocycles. The van der Waals surface area contributed by atoms with Gasteiger partial charge in [0, 0.05) is 28.5 Å². The lowest BCUT2D eigenvalue weighted by molar-refractivity contribution is -0.135. The predicted octanol–water partition coefficient (Wildman–Crippen LogP) is 3.98. The molecule has 0 heterocycles.